The van der Waals surface area contributed by atoms with Gasteiger partial charge >= 0.3 is 6.09 Å². The van der Waals surface area contributed by atoms with Crippen LogP contribution < -0.4 is 21.7 Å². The molecular formula is C27H37FN5O3PS. The Kier molecular flexibility index (Phi) is 9.60. The maximum Gasteiger partial charge on any atom is 0.407 e. The van der Waals surface area contributed by atoms with Crippen molar-refractivity contribution >= 4 is 41.8 Å². The second-order valence-corrected chi connectivity index (χ2v) is 14.3. The van der Waals surface area contributed by atoms with E-state index < -0.39 is 13.8 Å². The van der Waals surface area contributed by atoms with Crippen molar-refractivity contribution in [3.8, 4) is 10.4 Å². The minimum absolute atomic E-state index is 0.0783. The third-order valence-corrected chi connectivity index (χ3v) is 11.4. The number of amides is 1. The molecule has 1 saturated heterocycles. The molecule has 0 unspecified atom stereocenters. The summed E-state index contributed by atoms with van der Waals surface area (Å²) in [5, 5.41) is 8.14. The number of nitrogens with two attached hydrogens (primary N) is 1. The number of hydrogen-bond acceptors (Lipinski definition) is 8. The maximum absolute atomic E-state index is 13.7. The largest absolute Gasteiger partial charge is 0.447 e. The quantitative estimate of drug-likeness (QED) is 0.256. The van der Waals surface area contributed by atoms with Gasteiger partial charge < -0.3 is 25.7 Å². The maximum atomic E-state index is 13.7. The number of carbonyl (C=O) groups excluding carboxylic acids is 1. The van der Waals surface area contributed by atoms with Crippen LogP contribution in [0.5, 0.6) is 0 Å². The first-order valence-electron chi connectivity index (χ1n) is 13.2. The molecule has 206 valence electrons. The normalized spacial score (nSPS) is 21.3. The van der Waals surface area contributed by atoms with E-state index in [0.29, 0.717) is 23.9 Å². The average molecular weight is 562 g/mol. The SMILES string of the molecule is CC(C)OC(=O)NC1CCC(c2ncc(-c3ccc(NC(C=NCCF)=CN)cc3P3(=O)CCC3)s2)CC1. The molecule has 2 heterocycles. The van der Waals surface area contributed by atoms with Gasteiger partial charge in [0.15, 0.2) is 0 Å². The number of ether oxygens (including phenoxy) is 1. The average Bonchev–Trinajstić information content (AvgIpc) is 3.37. The van der Waals surface area contributed by atoms with E-state index in [0.717, 1.165) is 58.5 Å². The van der Waals surface area contributed by atoms with Crippen molar-refractivity contribution in [2.75, 3.05) is 30.9 Å². The van der Waals surface area contributed by atoms with Crippen LogP contribution in [0.1, 0.15) is 56.9 Å². The Bertz CT molecular complexity index is 1220. The molecule has 2 fully saturated rings. The van der Waals surface area contributed by atoms with E-state index in [1.54, 1.807) is 11.3 Å². The van der Waals surface area contributed by atoms with Crippen LogP contribution in [-0.4, -0.2) is 55.0 Å². The van der Waals surface area contributed by atoms with Crippen molar-refractivity contribution in [2.24, 2.45) is 10.7 Å². The standard InChI is InChI=1S/C27H37FN5O3PS/c1-18(2)36-27(34)33-20-6-4-19(5-7-20)26-31-17-25(38-26)23-9-8-21(14-24(23)37(35)12-3-13-37)32-22(15-29)16-30-11-10-28/h8-9,14-20,32H,3-7,10-13,29H2,1-2H3,(H,33,34). The Morgan fingerprint density at radius 1 is 1.32 bits per heavy atom. The zero-order valence-corrected chi connectivity index (χ0v) is 23.7. The number of hydrogen-bond donors (Lipinski definition) is 3. The number of thiazole rings is 1. The molecule has 1 aliphatic heterocycles. The molecule has 2 aromatic rings. The molecule has 38 heavy (non-hydrogen) atoms. The number of alkyl halides is 1. The Morgan fingerprint density at radius 2 is 2.08 bits per heavy atom. The van der Waals surface area contributed by atoms with Crippen LogP contribution in [-0.2, 0) is 9.30 Å². The van der Waals surface area contributed by atoms with E-state index in [9.17, 15) is 13.8 Å². The fraction of sp³-hybridized carbons (Fsp3) is 0.519. The molecule has 1 aliphatic carbocycles. The van der Waals surface area contributed by atoms with E-state index in [1.807, 2.05) is 38.2 Å². The summed E-state index contributed by atoms with van der Waals surface area (Å²) < 4.78 is 31.3. The lowest BCUT2D eigenvalue weighted by atomic mass is 9.86. The number of allylic oxidation sites excluding steroid dienone is 1. The number of carbonyl (C=O) groups is 1. The second-order valence-electron chi connectivity index (χ2n) is 10.1. The molecule has 1 saturated carbocycles. The Hall–Kier alpha value is -2.71. The number of rotatable bonds is 10. The van der Waals surface area contributed by atoms with Crippen LogP contribution in [0.25, 0.3) is 10.4 Å². The topological polar surface area (TPSA) is 119 Å². The summed E-state index contributed by atoms with van der Waals surface area (Å²) in [6.45, 7) is 3.23. The fourth-order valence-electron chi connectivity index (χ4n) is 4.84. The lowest BCUT2D eigenvalue weighted by Gasteiger charge is -2.29. The zero-order valence-electron chi connectivity index (χ0n) is 22.0. The van der Waals surface area contributed by atoms with E-state index in [1.165, 1.54) is 12.4 Å². The molecule has 1 amide bonds. The van der Waals surface area contributed by atoms with Gasteiger partial charge in [0.2, 0.25) is 0 Å². The third kappa shape index (κ3) is 7.03. The van der Waals surface area contributed by atoms with Gasteiger partial charge in [0.1, 0.15) is 13.8 Å². The van der Waals surface area contributed by atoms with Gasteiger partial charge in [-0.2, -0.15) is 0 Å². The van der Waals surface area contributed by atoms with Crippen LogP contribution in [0.15, 0.2) is 41.3 Å². The summed E-state index contributed by atoms with van der Waals surface area (Å²) in [7, 11) is -2.46. The van der Waals surface area contributed by atoms with E-state index >= 15 is 0 Å². The molecule has 2 aliphatic rings. The number of alkyl carbamates (subject to hydrolysis) is 1. The minimum Gasteiger partial charge on any atom is -0.447 e. The van der Waals surface area contributed by atoms with Crippen molar-refractivity contribution in [3.05, 3.63) is 41.3 Å². The van der Waals surface area contributed by atoms with Crippen LogP contribution in [0.4, 0.5) is 14.9 Å². The summed E-state index contributed by atoms with van der Waals surface area (Å²) >= 11 is 1.67. The van der Waals surface area contributed by atoms with Gasteiger partial charge in [0.25, 0.3) is 0 Å². The molecule has 0 radical (unpaired) electrons. The number of nitrogens with one attached hydrogen (secondary N) is 2. The summed E-state index contributed by atoms with van der Waals surface area (Å²) in [6.07, 6.45) is 10.4. The van der Waals surface area contributed by atoms with Gasteiger partial charge in [-0.1, -0.05) is 6.07 Å². The molecule has 4 rings (SSSR count). The van der Waals surface area contributed by atoms with Crippen molar-refractivity contribution in [1.29, 1.82) is 0 Å². The number of anilines is 1. The second kappa shape index (κ2) is 12.9. The fourth-order valence-corrected chi connectivity index (χ4v) is 8.42. The van der Waals surface area contributed by atoms with Crippen molar-refractivity contribution in [3.63, 3.8) is 0 Å². The third-order valence-electron chi connectivity index (χ3n) is 6.92. The highest BCUT2D eigenvalue weighted by Gasteiger charge is 2.35. The van der Waals surface area contributed by atoms with Gasteiger partial charge in [-0.15, -0.1) is 11.3 Å². The van der Waals surface area contributed by atoms with Gasteiger partial charge in [0, 0.05) is 59.5 Å². The molecule has 8 nitrogen and oxygen atoms in total. The zero-order chi connectivity index (χ0) is 27.1. The lowest BCUT2D eigenvalue weighted by molar-refractivity contribution is 0.109. The number of aromatic nitrogens is 1. The Labute approximate surface area is 227 Å². The predicted molar refractivity (Wildman–Crippen MR) is 154 cm³/mol. The highest BCUT2D eigenvalue weighted by atomic mass is 32.1. The van der Waals surface area contributed by atoms with Crippen molar-refractivity contribution in [1.82, 2.24) is 10.3 Å². The lowest BCUT2D eigenvalue weighted by Crippen LogP contribution is -2.38. The summed E-state index contributed by atoms with van der Waals surface area (Å²) in [5.74, 6) is 0.345. The van der Waals surface area contributed by atoms with E-state index in [-0.39, 0.29) is 24.8 Å². The summed E-state index contributed by atoms with van der Waals surface area (Å²) in [6, 6.07) is 6.01. The molecule has 1 aromatic carbocycles. The molecule has 0 bridgehead atoms. The van der Waals surface area contributed by atoms with Crippen molar-refractivity contribution < 1.29 is 18.5 Å². The van der Waals surface area contributed by atoms with Crippen LogP contribution in [0.2, 0.25) is 0 Å². The predicted octanol–water partition coefficient (Wildman–Crippen LogP) is 5.62. The first kappa shape index (κ1) is 28.3. The van der Waals surface area contributed by atoms with Crippen LogP contribution in [0.3, 0.4) is 0 Å². The number of halogens is 1. The van der Waals surface area contributed by atoms with Gasteiger partial charge in [-0.3, -0.25) is 4.99 Å². The van der Waals surface area contributed by atoms with E-state index in [4.69, 9.17) is 15.5 Å². The smallest absolute Gasteiger partial charge is 0.407 e. The molecule has 0 atom stereocenters. The van der Waals surface area contributed by atoms with Crippen LogP contribution in [0, 0.1) is 0 Å². The molecular weight excluding hydrogens is 524 g/mol. The highest BCUT2D eigenvalue weighted by molar-refractivity contribution is 7.73. The van der Waals surface area contributed by atoms with E-state index in [2.05, 4.69) is 15.6 Å². The number of nitrogens with zero attached hydrogens (tertiary/aromatic N) is 2. The van der Waals surface area contributed by atoms with Gasteiger partial charge in [0.05, 0.1) is 28.2 Å². The highest BCUT2D eigenvalue weighted by Crippen LogP contribution is 2.56. The Balaban J connectivity index is 1.48. The molecule has 0 spiro atoms. The summed E-state index contributed by atoms with van der Waals surface area (Å²) in [4.78, 5) is 21.7. The van der Waals surface area contributed by atoms with Crippen molar-refractivity contribution in [2.45, 2.75) is 64.0 Å². The minimum atomic E-state index is -2.46. The first-order chi connectivity index (χ1) is 18.3. The molecule has 4 N–H and O–H groups in total. The first-order valence-corrected chi connectivity index (χ1v) is 16.1. The summed E-state index contributed by atoms with van der Waals surface area (Å²) in [5.41, 5.74) is 8.00. The number of aliphatic imine (C=N–C) groups is 1. The van der Waals surface area contributed by atoms with Crippen LogP contribution >= 0.6 is 18.5 Å². The Morgan fingerprint density at radius 3 is 2.71 bits per heavy atom. The van der Waals surface area contributed by atoms with Gasteiger partial charge in [-0.25, -0.2) is 14.2 Å². The number of benzene rings is 1. The monoisotopic (exact) mass is 561 g/mol. The molecule has 1 aromatic heterocycles. The molecule has 11 heteroatoms. The van der Waals surface area contributed by atoms with Gasteiger partial charge in [-0.05, 0) is 58.1 Å².